The molecule has 1 heterocycles. The minimum Gasteiger partial charge on any atom is -0.480 e. The van der Waals surface area contributed by atoms with Crippen molar-refractivity contribution >= 4 is 17.6 Å². The molecule has 3 rings (SSSR count). The summed E-state index contributed by atoms with van der Waals surface area (Å²) in [4.78, 5) is 25.4. The van der Waals surface area contributed by atoms with Crippen molar-refractivity contribution in [2.75, 3.05) is 12.3 Å². The van der Waals surface area contributed by atoms with Crippen LogP contribution in [0.15, 0.2) is 24.3 Å². The van der Waals surface area contributed by atoms with Crippen LogP contribution in [-0.4, -0.2) is 45.7 Å². The Bertz CT molecular complexity index is 580. The summed E-state index contributed by atoms with van der Waals surface area (Å²) in [5.74, 6) is -1.26. The lowest BCUT2D eigenvalue weighted by atomic mass is 9.93. The number of likely N-dealkylation sites (tertiary alicyclic amines) is 1. The number of hydrogen-bond acceptors (Lipinski definition) is 4. The maximum absolute atomic E-state index is 12.8. The Labute approximate surface area is 122 Å². The fourth-order valence-corrected chi connectivity index (χ4v) is 3.10. The number of rotatable bonds is 3. The molecule has 0 bridgehead atoms. The standard InChI is InChI=1S/C15H18N2O4/c16-10-3-1-9(2-4-10)15(5-6-15)14(21)17-8-11(18)7-12(17)13(19)20/h1-4,11-12,18H,5-8,16H2,(H,19,20). The fourth-order valence-electron chi connectivity index (χ4n) is 3.10. The van der Waals surface area contributed by atoms with Gasteiger partial charge < -0.3 is 20.8 Å². The van der Waals surface area contributed by atoms with Gasteiger partial charge in [0.15, 0.2) is 0 Å². The summed E-state index contributed by atoms with van der Waals surface area (Å²) in [7, 11) is 0. The van der Waals surface area contributed by atoms with E-state index in [1.165, 1.54) is 4.90 Å². The molecule has 6 nitrogen and oxygen atoms in total. The third kappa shape index (κ3) is 2.25. The number of benzene rings is 1. The summed E-state index contributed by atoms with van der Waals surface area (Å²) < 4.78 is 0. The third-order valence-corrected chi connectivity index (χ3v) is 4.45. The number of anilines is 1. The number of aliphatic hydroxyl groups is 1. The van der Waals surface area contributed by atoms with Gasteiger partial charge in [-0.05, 0) is 30.5 Å². The van der Waals surface area contributed by atoms with Crippen molar-refractivity contribution < 1.29 is 19.8 Å². The fraction of sp³-hybridized carbons (Fsp3) is 0.467. The number of carbonyl (C=O) groups is 2. The monoisotopic (exact) mass is 290 g/mol. The number of carbonyl (C=O) groups excluding carboxylic acids is 1. The van der Waals surface area contributed by atoms with Crippen LogP contribution in [0.1, 0.15) is 24.8 Å². The number of amides is 1. The zero-order chi connectivity index (χ0) is 15.2. The smallest absolute Gasteiger partial charge is 0.326 e. The summed E-state index contributed by atoms with van der Waals surface area (Å²) in [6, 6.07) is 6.20. The van der Waals surface area contributed by atoms with Gasteiger partial charge in [0, 0.05) is 18.7 Å². The predicted molar refractivity (Wildman–Crippen MR) is 75.5 cm³/mol. The summed E-state index contributed by atoms with van der Waals surface area (Å²) in [6.45, 7) is 0.0898. The molecule has 6 heteroatoms. The highest BCUT2D eigenvalue weighted by atomic mass is 16.4. The minimum absolute atomic E-state index is 0.0898. The van der Waals surface area contributed by atoms with Gasteiger partial charge in [0.25, 0.3) is 0 Å². The van der Waals surface area contributed by atoms with Crippen molar-refractivity contribution in [1.29, 1.82) is 0 Å². The average molecular weight is 290 g/mol. The first-order valence-corrected chi connectivity index (χ1v) is 7.02. The van der Waals surface area contributed by atoms with Gasteiger partial charge in [-0.15, -0.1) is 0 Å². The second kappa shape index (κ2) is 4.73. The number of nitrogen functional groups attached to an aromatic ring is 1. The van der Waals surface area contributed by atoms with Crippen LogP contribution < -0.4 is 5.73 Å². The lowest BCUT2D eigenvalue weighted by molar-refractivity contribution is -0.149. The molecule has 2 aliphatic rings. The molecule has 0 spiro atoms. The van der Waals surface area contributed by atoms with Gasteiger partial charge in [0.05, 0.1) is 11.5 Å². The Kier molecular flexibility index (Phi) is 3.13. The number of β-amino-alcohol motifs (C(OH)–C–C–N with tert-alkyl or cyclic N) is 1. The average Bonchev–Trinajstić information content (AvgIpc) is 3.15. The first-order chi connectivity index (χ1) is 9.94. The summed E-state index contributed by atoms with van der Waals surface area (Å²) in [5.41, 5.74) is 6.52. The molecule has 4 N–H and O–H groups in total. The first kappa shape index (κ1) is 13.9. The van der Waals surface area contributed by atoms with E-state index in [4.69, 9.17) is 5.73 Å². The topological polar surface area (TPSA) is 104 Å². The van der Waals surface area contributed by atoms with Gasteiger partial charge >= 0.3 is 5.97 Å². The molecule has 1 aromatic rings. The van der Waals surface area contributed by atoms with Crippen molar-refractivity contribution in [3.63, 3.8) is 0 Å². The molecule has 2 atom stereocenters. The van der Waals surface area contributed by atoms with Crippen LogP contribution in [0.5, 0.6) is 0 Å². The van der Waals surface area contributed by atoms with E-state index in [-0.39, 0.29) is 18.9 Å². The highest BCUT2D eigenvalue weighted by Crippen LogP contribution is 2.50. The number of aliphatic carboxylic acids is 1. The molecule has 2 fully saturated rings. The molecule has 1 saturated carbocycles. The quantitative estimate of drug-likeness (QED) is 0.697. The second-order valence-corrected chi connectivity index (χ2v) is 5.91. The number of nitrogens with two attached hydrogens (primary N) is 1. The van der Waals surface area contributed by atoms with E-state index in [0.29, 0.717) is 18.5 Å². The number of carboxylic acid groups (broad SMARTS) is 1. The highest BCUT2D eigenvalue weighted by molar-refractivity contribution is 5.94. The Morgan fingerprint density at radius 2 is 1.86 bits per heavy atom. The molecule has 2 unspecified atom stereocenters. The molecular formula is C15H18N2O4. The largest absolute Gasteiger partial charge is 0.480 e. The molecule has 21 heavy (non-hydrogen) atoms. The number of carboxylic acids is 1. The molecule has 0 aromatic heterocycles. The molecule has 1 amide bonds. The first-order valence-electron chi connectivity index (χ1n) is 7.02. The molecule has 1 aromatic carbocycles. The predicted octanol–water partition coefficient (Wildman–Crippen LogP) is 0.347. The minimum atomic E-state index is -1.06. The lowest BCUT2D eigenvalue weighted by Gasteiger charge is -2.26. The molecule has 0 radical (unpaired) electrons. The van der Waals surface area contributed by atoms with E-state index in [9.17, 15) is 19.8 Å². The Hall–Kier alpha value is -2.08. The van der Waals surface area contributed by atoms with Crippen LogP contribution in [0, 0.1) is 0 Å². The third-order valence-electron chi connectivity index (χ3n) is 4.45. The summed E-state index contributed by atoms with van der Waals surface area (Å²) >= 11 is 0. The zero-order valence-corrected chi connectivity index (χ0v) is 11.5. The Balaban J connectivity index is 1.87. The Morgan fingerprint density at radius 1 is 1.24 bits per heavy atom. The van der Waals surface area contributed by atoms with Crippen molar-refractivity contribution in [2.24, 2.45) is 0 Å². The molecule has 1 aliphatic carbocycles. The van der Waals surface area contributed by atoms with Crippen LogP contribution >= 0.6 is 0 Å². The SMILES string of the molecule is Nc1ccc(C2(C(=O)N3CC(O)CC3C(=O)O)CC2)cc1. The van der Waals surface area contributed by atoms with Crippen LogP contribution in [-0.2, 0) is 15.0 Å². The molecule has 1 aliphatic heterocycles. The molecule has 1 saturated heterocycles. The zero-order valence-electron chi connectivity index (χ0n) is 11.5. The number of nitrogens with zero attached hydrogens (tertiary/aromatic N) is 1. The lowest BCUT2D eigenvalue weighted by Crippen LogP contribution is -2.45. The number of aliphatic hydroxyl groups excluding tert-OH is 1. The van der Waals surface area contributed by atoms with Gasteiger partial charge in [0.2, 0.25) is 5.91 Å². The summed E-state index contributed by atoms with van der Waals surface area (Å²) in [6.07, 6.45) is 0.736. The van der Waals surface area contributed by atoms with Crippen LogP contribution in [0.4, 0.5) is 5.69 Å². The molecule has 112 valence electrons. The van der Waals surface area contributed by atoms with Crippen LogP contribution in [0.3, 0.4) is 0 Å². The maximum atomic E-state index is 12.8. The van der Waals surface area contributed by atoms with Gasteiger partial charge in [-0.25, -0.2) is 4.79 Å². The Morgan fingerprint density at radius 3 is 2.38 bits per heavy atom. The van der Waals surface area contributed by atoms with E-state index in [0.717, 1.165) is 5.56 Å². The molecular weight excluding hydrogens is 272 g/mol. The normalized spacial score (nSPS) is 26.6. The van der Waals surface area contributed by atoms with E-state index < -0.39 is 23.5 Å². The highest BCUT2D eigenvalue weighted by Gasteiger charge is 2.55. The van der Waals surface area contributed by atoms with Crippen molar-refractivity contribution in [1.82, 2.24) is 4.90 Å². The summed E-state index contributed by atoms with van der Waals surface area (Å²) in [5, 5.41) is 18.9. The number of hydrogen-bond donors (Lipinski definition) is 3. The van der Waals surface area contributed by atoms with E-state index in [1.807, 2.05) is 12.1 Å². The van der Waals surface area contributed by atoms with Crippen molar-refractivity contribution in [3.05, 3.63) is 29.8 Å². The van der Waals surface area contributed by atoms with Crippen molar-refractivity contribution in [2.45, 2.75) is 36.8 Å². The van der Waals surface area contributed by atoms with Gasteiger partial charge in [-0.1, -0.05) is 12.1 Å². The van der Waals surface area contributed by atoms with Crippen LogP contribution in [0.2, 0.25) is 0 Å². The van der Waals surface area contributed by atoms with E-state index in [2.05, 4.69) is 0 Å². The maximum Gasteiger partial charge on any atom is 0.326 e. The van der Waals surface area contributed by atoms with Crippen molar-refractivity contribution in [3.8, 4) is 0 Å². The van der Waals surface area contributed by atoms with E-state index >= 15 is 0 Å². The van der Waals surface area contributed by atoms with Crippen LogP contribution in [0.25, 0.3) is 0 Å². The second-order valence-electron chi connectivity index (χ2n) is 5.91. The van der Waals surface area contributed by atoms with Gasteiger partial charge in [-0.2, -0.15) is 0 Å². The van der Waals surface area contributed by atoms with Gasteiger partial charge in [-0.3, -0.25) is 4.79 Å². The van der Waals surface area contributed by atoms with E-state index in [1.54, 1.807) is 12.1 Å². The van der Waals surface area contributed by atoms with Gasteiger partial charge in [0.1, 0.15) is 6.04 Å².